The molecule has 3 N–H and O–H groups in total. The predicted molar refractivity (Wildman–Crippen MR) is 427 cm³/mol. The zero-order chi connectivity index (χ0) is 76.0. The molecule has 598 valence electrons. The van der Waals surface area contributed by atoms with Crippen molar-refractivity contribution in [3.63, 3.8) is 0 Å². The van der Waals surface area contributed by atoms with Gasteiger partial charge < -0.3 is 33.8 Å². The lowest BCUT2D eigenvalue weighted by Gasteiger charge is -2.21. The number of aliphatic hydroxyl groups excluding tert-OH is 1. The van der Waals surface area contributed by atoms with E-state index < -0.39 is 97.5 Å². The van der Waals surface area contributed by atoms with Crippen molar-refractivity contribution in [2.24, 2.45) is 0 Å². The summed E-state index contributed by atoms with van der Waals surface area (Å²) in [6, 6.07) is 0. The van der Waals surface area contributed by atoms with Crippen LogP contribution in [0.15, 0.2) is 122 Å². The van der Waals surface area contributed by atoms with Crippen molar-refractivity contribution in [1.82, 2.24) is 0 Å². The SMILES string of the molecule is CC/C=C\C/C=C\C/C=C\C/C=C\C/C=C\CCCCCC(=O)OCC(COP(=O)(O)OCC(O)COP(=O)(O)OCC(COC(=O)CCCCC/C=C\C/C=C\C/C=C\C/C=C\C/C=C\CC)OC(=O)CCCCCCCCCCCCCCCCC)OC(=O)CCCCCCCCCCCCC. The van der Waals surface area contributed by atoms with Gasteiger partial charge in [-0.3, -0.25) is 37.3 Å². The molecule has 5 atom stereocenters. The summed E-state index contributed by atoms with van der Waals surface area (Å²) in [6.45, 7) is 4.60. The van der Waals surface area contributed by atoms with E-state index in [0.29, 0.717) is 25.7 Å². The first kappa shape index (κ1) is 99.5. The van der Waals surface area contributed by atoms with Gasteiger partial charge in [-0.05, 0) is 116 Å². The molecular formula is C85H146O17P2. The minimum Gasteiger partial charge on any atom is -0.462 e. The van der Waals surface area contributed by atoms with Crippen molar-refractivity contribution in [2.75, 3.05) is 39.6 Å². The highest BCUT2D eigenvalue weighted by molar-refractivity contribution is 7.47. The van der Waals surface area contributed by atoms with Gasteiger partial charge >= 0.3 is 39.5 Å². The molecule has 0 aliphatic heterocycles. The molecular weight excluding hydrogens is 1350 g/mol. The van der Waals surface area contributed by atoms with Gasteiger partial charge in [0.15, 0.2) is 12.2 Å². The number of phosphoric ester groups is 2. The normalized spacial score (nSPS) is 14.5. The summed E-state index contributed by atoms with van der Waals surface area (Å²) in [6.07, 6.45) is 84.6. The molecule has 5 unspecified atom stereocenters. The Morgan fingerprint density at radius 1 is 0.279 bits per heavy atom. The van der Waals surface area contributed by atoms with Crippen molar-refractivity contribution >= 4 is 39.5 Å². The summed E-state index contributed by atoms with van der Waals surface area (Å²) < 4.78 is 68.6. The molecule has 0 spiro atoms. The first-order valence-corrected chi connectivity index (χ1v) is 43.8. The summed E-state index contributed by atoms with van der Waals surface area (Å²) in [5, 5.41) is 10.6. The fourth-order valence-corrected chi connectivity index (χ4v) is 12.4. The Labute approximate surface area is 632 Å². The van der Waals surface area contributed by atoms with Gasteiger partial charge in [0.2, 0.25) is 0 Å². The van der Waals surface area contributed by atoms with Crippen molar-refractivity contribution in [1.29, 1.82) is 0 Å². The second-order valence-corrected chi connectivity index (χ2v) is 29.9. The van der Waals surface area contributed by atoms with Crippen LogP contribution in [0.3, 0.4) is 0 Å². The van der Waals surface area contributed by atoms with Gasteiger partial charge in [0.05, 0.1) is 26.4 Å². The second kappa shape index (κ2) is 76.6. The van der Waals surface area contributed by atoms with Gasteiger partial charge in [-0.25, -0.2) is 9.13 Å². The first-order valence-electron chi connectivity index (χ1n) is 40.8. The molecule has 0 aliphatic carbocycles. The molecule has 0 amide bonds. The molecule has 0 saturated heterocycles. The minimum absolute atomic E-state index is 0.0877. The molecule has 0 aromatic heterocycles. The van der Waals surface area contributed by atoms with Gasteiger partial charge in [0, 0.05) is 25.7 Å². The summed E-state index contributed by atoms with van der Waals surface area (Å²) in [5.41, 5.74) is 0. The number of aliphatic hydroxyl groups is 1. The van der Waals surface area contributed by atoms with E-state index in [9.17, 15) is 43.2 Å². The maximum absolute atomic E-state index is 13.1. The van der Waals surface area contributed by atoms with Gasteiger partial charge in [0.1, 0.15) is 19.3 Å². The van der Waals surface area contributed by atoms with E-state index >= 15 is 0 Å². The third kappa shape index (κ3) is 75.7. The summed E-state index contributed by atoms with van der Waals surface area (Å²) >= 11 is 0. The van der Waals surface area contributed by atoms with Crippen molar-refractivity contribution in [3.05, 3.63) is 122 Å². The Morgan fingerprint density at radius 3 is 0.769 bits per heavy atom. The molecule has 0 aliphatic rings. The van der Waals surface area contributed by atoms with Crippen molar-refractivity contribution < 1.29 is 80.2 Å². The van der Waals surface area contributed by atoms with Gasteiger partial charge in [-0.1, -0.05) is 316 Å². The molecule has 0 saturated carbocycles. The molecule has 0 aromatic rings. The van der Waals surface area contributed by atoms with Crippen LogP contribution in [-0.4, -0.2) is 96.7 Å². The third-order valence-electron chi connectivity index (χ3n) is 17.0. The van der Waals surface area contributed by atoms with E-state index in [1.807, 2.05) is 0 Å². The summed E-state index contributed by atoms with van der Waals surface area (Å²) in [7, 11) is -9.97. The summed E-state index contributed by atoms with van der Waals surface area (Å²) in [5.74, 6) is -2.23. The third-order valence-corrected chi connectivity index (χ3v) is 18.9. The van der Waals surface area contributed by atoms with E-state index in [1.54, 1.807) is 0 Å². The summed E-state index contributed by atoms with van der Waals surface area (Å²) in [4.78, 5) is 73.0. The molecule has 104 heavy (non-hydrogen) atoms. The first-order chi connectivity index (χ1) is 50.7. The van der Waals surface area contributed by atoms with Gasteiger partial charge in [-0.2, -0.15) is 0 Å². The number of carbonyl (C=O) groups is 4. The lowest BCUT2D eigenvalue weighted by atomic mass is 10.0. The molecule has 0 heterocycles. The van der Waals surface area contributed by atoms with E-state index in [0.717, 1.165) is 154 Å². The number of esters is 4. The van der Waals surface area contributed by atoms with E-state index in [-0.39, 0.29) is 25.7 Å². The van der Waals surface area contributed by atoms with Crippen molar-refractivity contribution in [2.45, 2.75) is 354 Å². The molecule has 0 radical (unpaired) electrons. The van der Waals surface area contributed by atoms with Crippen LogP contribution in [0.2, 0.25) is 0 Å². The average Bonchev–Trinajstić information content (AvgIpc) is 0.931. The smallest absolute Gasteiger partial charge is 0.462 e. The Kier molecular flexibility index (Phi) is 73.3. The van der Waals surface area contributed by atoms with E-state index in [4.69, 9.17) is 37.0 Å². The highest BCUT2D eigenvalue weighted by Gasteiger charge is 2.30. The van der Waals surface area contributed by atoms with Crippen molar-refractivity contribution in [3.8, 4) is 0 Å². The molecule has 0 rings (SSSR count). The fraction of sp³-hybridized carbons (Fsp3) is 0.718. The predicted octanol–water partition coefficient (Wildman–Crippen LogP) is 23.9. The standard InChI is InChI=1S/C85H146O17P2/c1-5-9-13-17-21-25-29-32-35-37-39-41-44-46-50-53-57-61-65-69-82(87)95-75-80(101-84(89)71-67-63-59-55-49-28-24-20-16-12-8-4)77-99-103(91,92)97-73-79(86)74-98-104(93,94)100-78-81(102-85(90)72-68-64-60-56-52-48-43-34-31-27-23-19-15-11-7-3)76-96-83(88)70-66-62-58-54-51-47-45-42-40-38-36-33-30-26-22-18-14-10-6-2/h9-10,13-14,21-22,25-26,32-33,35-36,39-42,46-47,50-51,79-81,86H,5-8,11-12,15-20,23-24,27-31,34,37-38,43-45,48-49,52-78H2,1-4H3,(H,91,92)(H,93,94)/b13-9-,14-10-,25-21-,26-22-,35-32-,36-33-,41-39-,42-40-,50-46-,51-47-. The Hall–Kier alpha value is -4.54. The Morgan fingerprint density at radius 2 is 0.500 bits per heavy atom. The van der Waals surface area contributed by atoms with Crippen LogP contribution in [0.1, 0.15) is 336 Å². The monoisotopic (exact) mass is 1500 g/mol. The lowest BCUT2D eigenvalue weighted by molar-refractivity contribution is -0.161. The van der Waals surface area contributed by atoms with Crippen LogP contribution in [0, 0.1) is 0 Å². The van der Waals surface area contributed by atoms with Crippen LogP contribution in [-0.2, 0) is 65.4 Å². The number of hydrogen-bond acceptors (Lipinski definition) is 15. The maximum Gasteiger partial charge on any atom is 0.472 e. The highest BCUT2D eigenvalue weighted by atomic mass is 31.2. The number of ether oxygens (including phenoxy) is 4. The number of carbonyl (C=O) groups excluding carboxylic acids is 4. The highest BCUT2D eigenvalue weighted by Crippen LogP contribution is 2.45. The van der Waals surface area contributed by atoms with Crippen LogP contribution in [0.25, 0.3) is 0 Å². The van der Waals surface area contributed by atoms with E-state index in [1.165, 1.54) is 103 Å². The van der Waals surface area contributed by atoms with Crippen LogP contribution >= 0.6 is 15.6 Å². The van der Waals surface area contributed by atoms with Crippen LogP contribution < -0.4 is 0 Å². The Bertz CT molecular complexity index is 2440. The van der Waals surface area contributed by atoms with Gasteiger partial charge in [-0.15, -0.1) is 0 Å². The molecule has 0 bridgehead atoms. The minimum atomic E-state index is -4.99. The zero-order valence-corrected chi connectivity index (χ0v) is 67.2. The molecule has 0 aromatic carbocycles. The number of phosphoric acid groups is 2. The maximum atomic E-state index is 13.1. The number of allylic oxidation sites excluding steroid dienone is 20. The second-order valence-electron chi connectivity index (χ2n) is 27.0. The topological polar surface area (TPSA) is 237 Å². The number of hydrogen-bond donors (Lipinski definition) is 3. The number of rotatable bonds is 76. The quantitative estimate of drug-likeness (QED) is 0.0169. The largest absolute Gasteiger partial charge is 0.472 e. The average molecular weight is 1500 g/mol. The Balaban J connectivity index is 5.37. The zero-order valence-electron chi connectivity index (χ0n) is 65.4. The lowest BCUT2D eigenvalue weighted by Crippen LogP contribution is -2.30. The van der Waals surface area contributed by atoms with Crippen LogP contribution in [0.4, 0.5) is 0 Å². The van der Waals surface area contributed by atoms with Crippen LogP contribution in [0.5, 0.6) is 0 Å². The molecule has 19 heteroatoms. The number of unbranched alkanes of at least 4 members (excludes halogenated alkanes) is 30. The van der Waals surface area contributed by atoms with Gasteiger partial charge in [0.25, 0.3) is 0 Å². The van der Waals surface area contributed by atoms with E-state index in [2.05, 4.69) is 149 Å². The molecule has 0 fully saturated rings. The fourth-order valence-electron chi connectivity index (χ4n) is 10.8. The molecule has 17 nitrogen and oxygen atoms in total.